The van der Waals surface area contributed by atoms with Crippen LogP contribution in [-0.2, 0) is 19.4 Å². The highest BCUT2D eigenvalue weighted by Crippen LogP contribution is 2.43. The van der Waals surface area contributed by atoms with Crippen molar-refractivity contribution in [1.29, 1.82) is 0 Å². The first-order valence-electron chi connectivity index (χ1n) is 14.4. The van der Waals surface area contributed by atoms with Gasteiger partial charge >= 0.3 is 0 Å². The topological polar surface area (TPSA) is 126 Å². The number of hydrogen-bond acceptors (Lipinski definition) is 8. The number of hydrazine groups is 1. The molecule has 0 spiro atoms. The normalized spacial score (nSPS) is 17.9. The molecule has 0 radical (unpaired) electrons. The van der Waals surface area contributed by atoms with E-state index in [9.17, 15) is 13.2 Å². The maximum Gasteiger partial charge on any atom is 0.266 e. The zero-order chi connectivity index (χ0) is 31.0. The predicted molar refractivity (Wildman–Crippen MR) is 169 cm³/mol. The van der Waals surface area contributed by atoms with Crippen molar-refractivity contribution in [3.05, 3.63) is 120 Å². The first-order valence-corrected chi connectivity index (χ1v) is 16.0. The Balaban J connectivity index is 1.53. The highest BCUT2D eigenvalue weighted by Gasteiger charge is 2.53. The lowest BCUT2D eigenvalue weighted by Crippen LogP contribution is -2.52. The van der Waals surface area contributed by atoms with Crippen LogP contribution in [-0.4, -0.2) is 56.9 Å². The van der Waals surface area contributed by atoms with E-state index in [0.29, 0.717) is 29.9 Å². The molecule has 0 fully saturated rings. The fourth-order valence-corrected chi connectivity index (χ4v) is 6.50. The summed E-state index contributed by atoms with van der Waals surface area (Å²) < 4.78 is 38.9. The van der Waals surface area contributed by atoms with Crippen molar-refractivity contribution in [1.82, 2.24) is 10.9 Å². The maximum atomic E-state index is 13.9. The first-order chi connectivity index (χ1) is 21.4. The molecule has 0 saturated heterocycles. The number of nitrogens with zero attached hydrogens (tertiary/aromatic N) is 1. The van der Waals surface area contributed by atoms with E-state index in [1.54, 1.807) is 61.6 Å². The summed E-state index contributed by atoms with van der Waals surface area (Å²) in [6.07, 6.45) is -0.534. The van der Waals surface area contributed by atoms with Gasteiger partial charge in [-0.1, -0.05) is 72.8 Å². The minimum absolute atomic E-state index is 0.0349. The average molecular weight is 614 g/mol. The number of aliphatic hydroxyl groups is 1. The van der Waals surface area contributed by atoms with Crippen LogP contribution in [0, 0.1) is 0 Å². The summed E-state index contributed by atoms with van der Waals surface area (Å²) in [4.78, 5) is 18.9. The molecule has 0 saturated carbocycles. The van der Waals surface area contributed by atoms with Gasteiger partial charge in [-0.3, -0.25) is 10.2 Å². The molecule has 1 aliphatic rings. The number of nitrogens with one attached hydrogen (secondary N) is 2. The molecule has 1 aliphatic heterocycles. The Morgan fingerprint density at radius 3 is 2.14 bits per heavy atom. The van der Waals surface area contributed by atoms with Gasteiger partial charge in [-0.05, 0) is 53.1 Å². The van der Waals surface area contributed by atoms with E-state index in [-0.39, 0.29) is 29.6 Å². The average Bonchev–Trinajstić information content (AvgIpc) is 3.46. The van der Waals surface area contributed by atoms with Crippen LogP contribution in [0.1, 0.15) is 30.1 Å². The number of carbonyl (C=O) groups excluding carboxylic acids is 1. The van der Waals surface area contributed by atoms with E-state index in [4.69, 9.17) is 19.6 Å². The third kappa shape index (κ3) is 6.83. The number of aliphatic hydroxyl groups excluding tert-OH is 1. The second kappa shape index (κ2) is 13.9. The standard InChI is InChI=1S/C34H35N3O6S/c1-35-37-33(39)34(21-24-44(40,41)30-11-6-3-7-12-30)31(27-15-13-26(14-16-27)25-9-4-2-5-10-25)43-32(36-34)28-17-19-29(20-18-28)42-23-8-22-38/h2-7,9-20,31,35,38H,8,21-24H2,1H3,(H,37,39)/t31-,34-/m0/s1. The van der Waals surface area contributed by atoms with E-state index in [2.05, 4.69) is 10.9 Å². The van der Waals surface area contributed by atoms with Crippen molar-refractivity contribution in [3.8, 4) is 16.9 Å². The molecule has 9 nitrogen and oxygen atoms in total. The van der Waals surface area contributed by atoms with Gasteiger partial charge in [0.25, 0.3) is 5.91 Å². The van der Waals surface area contributed by atoms with E-state index in [1.807, 2.05) is 54.6 Å². The van der Waals surface area contributed by atoms with Crippen molar-refractivity contribution in [2.24, 2.45) is 4.99 Å². The Morgan fingerprint density at radius 1 is 0.886 bits per heavy atom. The number of rotatable bonds is 13. The molecule has 0 unspecified atom stereocenters. The summed E-state index contributed by atoms with van der Waals surface area (Å²) in [5, 5.41) is 9.03. The summed E-state index contributed by atoms with van der Waals surface area (Å²) in [7, 11) is -2.18. The fraction of sp³-hybridized carbons (Fsp3) is 0.235. The number of amides is 1. The van der Waals surface area contributed by atoms with Gasteiger partial charge in [-0.15, -0.1) is 0 Å². The van der Waals surface area contributed by atoms with Crippen LogP contribution >= 0.6 is 0 Å². The SMILES string of the molecule is CNNC(=O)[C@@]1(CCS(=O)(=O)c2ccccc2)N=C(c2ccc(OCCCO)cc2)O[C@H]1c1ccc(-c2ccccc2)cc1. The van der Waals surface area contributed by atoms with Crippen LogP contribution < -0.4 is 15.6 Å². The number of hydrogen-bond donors (Lipinski definition) is 3. The van der Waals surface area contributed by atoms with Crippen LogP contribution in [0.3, 0.4) is 0 Å². The molecule has 2 atom stereocenters. The van der Waals surface area contributed by atoms with Gasteiger partial charge in [0.15, 0.2) is 21.5 Å². The monoisotopic (exact) mass is 613 g/mol. The molecule has 4 aromatic carbocycles. The third-order valence-corrected chi connectivity index (χ3v) is 9.18. The largest absolute Gasteiger partial charge is 0.494 e. The molecule has 1 heterocycles. The van der Waals surface area contributed by atoms with Crippen molar-refractivity contribution < 1.29 is 27.8 Å². The van der Waals surface area contributed by atoms with E-state index < -0.39 is 27.4 Å². The number of benzene rings is 4. The molecule has 0 aliphatic carbocycles. The second-order valence-electron chi connectivity index (χ2n) is 10.4. The van der Waals surface area contributed by atoms with E-state index in [1.165, 1.54) is 0 Å². The summed E-state index contributed by atoms with van der Waals surface area (Å²) in [5.74, 6) is -0.0152. The number of carbonyl (C=O) groups is 1. The number of aliphatic imine (C=N–C) groups is 1. The fourth-order valence-electron chi connectivity index (χ4n) is 5.11. The maximum absolute atomic E-state index is 13.9. The molecule has 0 bridgehead atoms. The first kappa shape index (κ1) is 30.9. The molecule has 10 heteroatoms. The Morgan fingerprint density at radius 2 is 1.50 bits per heavy atom. The summed E-state index contributed by atoms with van der Waals surface area (Å²) in [6.45, 7) is 0.407. The number of sulfone groups is 1. The van der Waals surface area contributed by atoms with Crippen LogP contribution in [0.25, 0.3) is 11.1 Å². The molecule has 1 amide bonds. The van der Waals surface area contributed by atoms with Crippen molar-refractivity contribution in [2.45, 2.75) is 29.4 Å². The Kier molecular flexibility index (Phi) is 9.74. The summed E-state index contributed by atoms with van der Waals surface area (Å²) in [5.41, 5.74) is 7.02. The highest BCUT2D eigenvalue weighted by molar-refractivity contribution is 7.91. The minimum atomic E-state index is -3.74. The van der Waals surface area contributed by atoms with E-state index >= 15 is 0 Å². The molecule has 228 valence electrons. The van der Waals surface area contributed by atoms with Gasteiger partial charge in [0.1, 0.15) is 5.75 Å². The molecule has 3 N–H and O–H groups in total. The molecular weight excluding hydrogens is 578 g/mol. The van der Waals surface area contributed by atoms with Crippen molar-refractivity contribution in [3.63, 3.8) is 0 Å². The summed E-state index contributed by atoms with van der Waals surface area (Å²) in [6, 6.07) is 32.8. The van der Waals surface area contributed by atoms with Gasteiger partial charge in [-0.25, -0.2) is 18.8 Å². The van der Waals surface area contributed by atoms with Crippen LogP contribution in [0.5, 0.6) is 5.75 Å². The zero-order valence-electron chi connectivity index (χ0n) is 24.3. The molecule has 5 rings (SSSR count). The highest BCUT2D eigenvalue weighted by atomic mass is 32.2. The zero-order valence-corrected chi connectivity index (χ0v) is 25.2. The molecule has 44 heavy (non-hydrogen) atoms. The van der Waals surface area contributed by atoms with Crippen LogP contribution in [0.2, 0.25) is 0 Å². The Labute approximate surface area is 257 Å². The van der Waals surface area contributed by atoms with Crippen molar-refractivity contribution in [2.75, 3.05) is 26.0 Å². The summed E-state index contributed by atoms with van der Waals surface area (Å²) >= 11 is 0. The quantitative estimate of drug-likeness (QED) is 0.150. The van der Waals surface area contributed by atoms with Gasteiger partial charge in [-0.2, -0.15) is 0 Å². The van der Waals surface area contributed by atoms with Gasteiger partial charge < -0.3 is 14.6 Å². The molecular formula is C34H35N3O6S. The van der Waals surface area contributed by atoms with Gasteiger partial charge in [0.05, 0.1) is 17.3 Å². The minimum Gasteiger partial charge on any atom is -0.494 e. The van der Waals surface area contributed by atoms with Gasteiger partial charge in [0.2, 0.25) is 5.90 Å². The van der Waals surface area contributed by atoms with Crippen LogP contribution in [0.4, 0.5) is 0 Å². The van der Waals surface area contributed by atoms with Crippen molar-refractivity contribution >= 4 is 21.6 Å². The molecule has 0 aromatic heterocycles. The predicted octanol–water partition coefficient (Wildman–Crippen LogP) is 4.49. The Hall–Kier alpha value is -4.51. The third-order valence-electron chi connectivity index (χ3n) is 7.44. The lowest BCUT2D eigenvalue weighted by Gasteiger charge is -2.30. The van der Waals surface area contributed by atoms with E-state index in [0.717, 1.165) is 11.1 Å². The smallest absolute Gasteiger partial charge is 0.266 e. The van der Waals surface area contributed by atoms with Crippen LogP contribution in [0.15, 0.2) is 119 Å². The van der Waals surface area contributed by atoms with Gasteiger partial charge in [0, 0.05) is 32.1 Å². The second-order valence-corrected chi connectivity index (χ2v) is 12.5. The molecule has 4 aromatic rings. The number of ether oxygens (including phenoxy) is 2. The lowest BCUT2D eigenvalue weighted by molar-refractivity contribution is -0.129. The Bertz CT molecular complexity index is 1680. The lowest BCUT2D eigenvalue weighted by atomic mass is 9.84.